The van der Waals surface area contributed by atoms with Crippen molar-refractivity contribution in [2.45, 2.75) is 31.7 Å². The van der Waals surface area contributed by atoms with Crippen LogP contribution in [-0.2, 0) is 12.7 Å². The molecule has 0 saturated carbocycles. The molecule has 1 aromatic heterocycles. The Morgan fingerprint density at radius 2 is 1.93 bits per heavy atom. The average Bonchev–Trinajstić information content (AvgIpc) is 2.93. The first-order valence-corrected chi connectivity index (χ1v) is 13.0. The molecule has 1 aliphatic heterocycles. The van der Waals surface area contributed by atoms with Crippen LogP contribution in [0.4, 0.5) is 24.5 Å². The number of aromatic nitrogens is 1. The zero-order valence-electron chi connectivity index (χ0n) is 22.2. The van der Waals surface area contributed by atoms with Crippen molar-refractivity contribution in [1.82, 2.24) is 9.88 Å². The Morgan fingerprint density at radius 1 is 1.20 bits per heavy atom. The van der Waals surface area contributed by atoms with Crippen LogP contribution < -0.4 is 26.6 Å². The predicted octanol–water partition coefficient (Wildman–Crippen LogP) is 4.61. The second-order valence-electron chi connectivity index (χ2n) is 9.65. The number of hydrogen-bond acceptors (Lipinski definition) is 8. The van der Waals surface area contributed by atoms with E-state index in [1.807, 2.05) is 4.90 Å². The van der Waals surface area contributed by atoms with Crippen LogP contribution in [0.5, 0.6) is 5.75 Å². The lowest BCUT2D eigenvalue weighted by molar-refractivity contribution is -0.137. The summed E-state index contributed by atoms with van der Waals surface area (Å²) in [6.07, 6.45) is 0.521. The topological polar surface area (TPSA) is 130 Å². The summed E-state index contributed by atoms with van der Waals surface area (Å²) in [6.45, 7) is 1.38. The lowest BCUT2D eigenvalue weighted by atomic mass is 10.0. The third-order valence-corrected chi connectivity index (χ3v) is 6.91. The first-order chi connectivity index (χ1) is 19.4. The summed E-state index contributed by atoms with van der Waals surface area (Å²) in [4.78, 5) is 19.1. The van der Waals surface area contributed by atoms with E-state index in [0.29, 0.717) is 42.8 Å². The zero-order valence-corrected chi connectivity index (χ0v) is 22.9. The summed E-state index contributed by atoms with van der Waals surface area (Å²) in [5.41, 5.74) is 6.78. The molecule has 0 spiro atoms. The van der Waals surface area contributed by atoms with Crippen molar-refractivity contribution in [1.29, 1.82) is 0 Å². The number of nitrogens with two attached hydrogens (primary N) is 2. The zero-order chi connectivity index (χ0) is 29.7. The summed E-state index contributed by atoms with van der Waals surface area (Å²) >= 11 is 6.33. The maximum atomic E-state index is 13.7. The van der Waals surface area contributed by atoms with E-state index in [1.165, 1.54) is 50.0 Å². The van der Waals surface area contributed by atoms with Gasteiger partial charge in [0, 0.05) is 48.8 Å². The molecule has 6 N–H and O–H groups in total. The Kier molecular flexibility index (Phi) is 9.38. The van der Waals surface area contributed by atoms with Gasteiger partial charge >= 0.3 is 6.18 Å². The highest BCUT2D eigenvalue weighted by atomic mass is 35.5. The molecule has 218 valence electrons. The number of pyridine rings is 1. The average molecular weight is 591 g/mol. The molecule has 9 nitrogen and oxygen atoms in total. The number of benzene rings is 2. The number of carbonyl (C=O) groups is 1. The molecule has 1 saturated heterocycles. The van der Waals surface area contributed by atoms with Gasteiger partial charge in [0.1, 0.15) is 5.75 Å². The molecule has 0 radical (unpaired) electrons. The van der Waals surface area contributed by atoms with Gasteiger partial charge in [-0.3, -0.25) is 19.7 Å². The number of rotatable bonds is 8. The fourth-order valence-corrected chi connectivity index (χ4v) is 4.61. The van der Waals surface area contributed by atoms with Crippen LogP contribution in [0.1, 0.15) is 39.9 Å². The second kappa shape index (κ2) is 12.8. The molecule has 1 fully saturated rings. The summed E-state index contributed by atoms with van der Waals surface area (Å²) in [7, 11) is 1.49. The van der Waals surface area contributed by atoms with E-state index in [2.05, 4.69) is 10.3 Å². The summed E-state index contributed by atoms with van der Waals surface area (Å²) in [6, 6.07) is 9.42. The second-order valence-corrected chi connectivity index (χ2v) is 10.1. The predicted molar refractivity (Wildman–Crippen MR) is 151 cm³/mol. The molecule has 1 aliphatic rings. The molecule has 0 atom stereocenters. The highest BCUT2D eigenvalue weighted by molar-refractivity contribution is 6.33. The van der Waals surface area contributed by atoms with Crippen LogP contribution in [0.25, 0.3) is 5.70 Å². The number of alkyl halides is 3. The third kappa shape index (κ3) is 7.88. The molecule has 4 rings (SSSR count). The van der Waals surface area contributed by atoms with Crippen LogP contribution in [0.3, 0.4) is 0 Å². The number of amides is 1. The number of aliphatic hydroxyl groups excluding tert-OH is 1. The normalized spacial score (nSPS) is 15.0. The standard InChI is InChI=1S/C28H30ClF3N6O3/c1-41-23-10-19(13-35-14-23)25(33)16-38(34)26-11-18(2-3-24(26)29)27(40)36-21-9-17(8-20(12-21)28(30,31)32)15-37-6-4-22(39)5-7-37/h2-3,8-14,16,22,39H,4-7,15,33-34H2,1H3,(H,36,40)/b25-16-. The largest absolute Gasteiger partial charge is 0.495 e. The van der Waals surface area contributed by atoms with Gasteiger partial charge in [-0.25, -0.2) is 5.84 Å². The number of nitrogens with one attached hydrogen (secondary N) is 1. The van der Waals surface area contributed by atoms with Crippen molar-refractivity contribution in [2.24, 2.45) is 11.6 Å². The number of methoxy groups -OCH3 is 1. The number of piperidine rings is 1. The summed E-state index contributed by atoms with van der Waals surface area (Å²) in [5, 5.41) is 13.6. The highest BCUT2D eigenvalue weighted by Crippen LogP contribution is 2.33. The van der Waals surface area contributed by atoms with E-state index in [0.717, 1.165) is 17.1 Å². The van der Waals surface area contributed by atoms with Crippen molar-refractivity contribution in [3.05, 3.63) is 88.3 Å². The molecule has 41 heavy (non-hydrogen) atoms. The number of nitrogens with zero attached hydrogens (tertiary/aromatic N) is 3. The first-order valence-electron chi connectivity index (χ1n) is 12.7. The minimum atomic E-state index is -4.61. The van der Waals surface area contributed by atoms with E-state index in [-0.39, 0.29) is 34.2 Å². The fourth-order valence-electron chi connectivity index (χ4n) is 4.39. The van der Waals surface area contributed by atoms with Gasteiger partial charge in [0.15, 0.2) is 0 Å². The number of aliphatic hydroxyl groups is 1. The SMILES string of the molecule is COc1cncc(/C(N)=C/N(N)c2cc(C(=O)Nc3cc(CN4CCC(O)CC4)cc(C(F)(F)F)c3)ccc2Cl)c1. The molecule has 0 bridgehead atoms. The fraction of sp³-hybridized carbons (Fsp3) is 0.286. The van der Waals surface area contributed by atoms with E-state index in [4.69, 9.17) is 27.9 Å². The maximum absolute atomic E-state index is 13.7. The quantitative estimate of drug-likeness (QED) is 0.221. The molecule has 1 amide bonds. The number of anilines is 2. The Morgan fingerprint density at radius 3 is 2.61 bits per heavy atom. The van der Waals surface area contributed by atoms with Crippen LogP contribution in [0.2, 0.25) is 5.02 Å². The minimum Gasteiger partial charge on any atom is -0.495 e. The lowest BCUT2D eigenvalue weighted by Gasteiger charge is -2.29. The number of hydrazine groups is 1. The number of ether oxygens (including phenoxy) is 1. The monoisotopic (exact) mass is 590 g/mol. The van der Waals surface area contributed by atoms with E-state index >= 15 is 0 Å². The van der Waals surface area contributed by atoms with Gasteiger partial charge in [-0.15, -0.1) is 0 Å². The van der Waals surface area contributed by atoms with Gasteiger partial charge in [-0.05, 0) is 60.9 Å². The smallest absolute Gasteiger partial charge is 0.416 e. The molecule has 2 heterocycles. The molecule has 2 aromatic carbocycles. The minimum absolute atomic E-state index is 0.00682. The van der Waals surface area contributed by atoms with E-state index in [1.54, 1.807) is 6.07 Å². The van der Waals surface area contributed by atoms with Crippen molar-refractivity contribution < 1.29 is 27.8 Å². The van der Waals surface area contributed by atoms with Crippen molar-refractivity contribution in [3.8, 4) is 5.75 Å². The molecule has 0 unspecified atom stereocenters. The molecule has 3 aromatic rings. The Bertz CT molecular complexity index is 1430. The molecular weight excluding hydrogens is 561 g/mol. The first kappa shape index (κ1) is 30.1. The van der Waals surface area contributed by atoms with Gasteiger partial charge in [0.2, 0.25) is 0 Å². The molecule has 0 aliphatic carbocycles. The highest BCUT2D eigenvalue weighted by Gasteiger charge is 2.32. The van der Waals surface area contributed by atoms with Crippen molar-refractivity contribution in [2.75, 3.05) is 30.5 Å². The van der Waals surface area contributed by atoms with Gasteiger partial charge in [-0.1, -0.05) is 11.6 Å². The lowest BCUT2D eigenvalue weighted by Crippen LogP contribution is -2.35. The Balaban J connectivity index is 1.55. The number of halogens is 4. The van der Waals surface area contributed by atoms with E-state index in [9.17, 15) is 23.1 Å². The van der Waals surface area contributed by atoms with Gasteiger partial charge in [-0.2, -0.15) is 13.2 Å². The van der Waals surface area contributed by atoms with Gasteiger partial charge in [0.25, 0.3) is 5.91 Å². The van der Waals surface area contributed by atoms with Crippen LogP contribution in [-0.4, -0.2) is 47.2 Å². The van der Waals surface area contributed by atoms with Crippen molar-refractivity contribution in [3.63, 3.8) is 0 Å². The third-order valence-electron chi connectivity index (χ3n) is 6.59. The van der Waals surface area contributed by atoms with Crippen LogP contribution >= 0.6 is 11.6 Å². The van der Waals surface area contributed by atoms with Crippen LogP contribution in [0, 0.1) is 0 Å². The molecular formula is C28H30ClF3N6O3. The Labute approximate surface area is 240 Å². The summed E-state index contributed by atoms with van der Waals surface area (Å²) in [5.74, 6) is 6.01. The van der Waals surface area contributed by atoms with Gasteiger partial charge in [0.05, 0.1) is 41.4 Å². The van der Waals surface area contributed by atoms with Gasteiger partial charge < -0.3 is 20.9 Å². The Hall–Kier alpha value is -3.84. The van der Waals surface area contributed by atoms with E-state index < -0.39 is 23.8 Å². The number of likely N-dealkylation sites (tertiary alicyclic amines) is 1. The van der Waals surface area contributed by atoms with Crippen molar-refractivity contribution >= 4 is 34.6 Å². The maximum Gasteiger partial charge on any atom is 0.416 e. The summed E-state index contributed by atoms with van der Waals surface area (Å²) < 4.78 is 46.2. The number of carbonyl (C=O) groups excluding carboxylic acids is 1. The number of hydrogen-bond donors (Lipinski definition) is 4. The van der Waals surface area contributed by atoms with Crippen LogP contribution in [0.15, 0.2) is 61.1 Å². The molecule has 13 heteroatoms.